The zero-order valence-electron chi connectivity index (χ0n) is 17.4. The SMILES string of the molecule is O=C[C@@H]([C@@H](OC(=O)C(=O)[C@H](O)[C@H](O)[C@@H](O)CO)[C@H](O)[C@H](O)CO)N1C(=O)c2ccccc2C1=O. The maximum absolute atomic E-state index is 12.7. The molecule has 1 heterocycles. The normalized spacial score (nSPS) is 19.4. The first-order valence-corrected chi connectivity index (χ1v) is 9.80. The van der Waals surface area contributed by atoms with Crippen LogP contribution in [0.15, 0.2) is 24.3 Å². The van der Waals surface area contributed by atoms with E-state index in [4.69, 9.17) is 14.9 Å². The number of benzene rings is 1. The van der Waals surface area contributed by atoms with Gasteiger partial charge in [0.25, 0.3) is 17.6 Å². The number of nitrogens with zero attached hydrogens (tertiary/aromatic N) is 1. The number of ether oxygens (including phenoxy) is 1. The van der Waals surface area contributed by atoms with Gasteiger partial charge in [0.2, 0.25) is 0 Å². The van der Waals surface area contributed by atoms with Crippen LogP contribution in [0.25, 0.3) is 0 Å². The van der Waals surface area contributed by atoms with Gasteiger partial charge in [0.15, 0.2) is 12.2 Å². The molecule has 0 saturated carbocycles. The van der Waals surface area contributed by atoms with Crippen molar-refractivity contribution in [2.24, 2.45) is 0 Å². The first kappa shape index (κ1) is 27.1. The summed E-state index contributed by atoms with van der Waals surface area (Å²) in [6, 6.07) is 3.30. The Morgan fingerprint density at radius 3 is 1.79 bits per heavy atom. The number of hydrogen-bond acceptors (Lipinski definition) is 13. The highest BCUT2D eigenvalue weighted by Gasteiger charge is 2.48. The van der Waals surface area contributed by atoms with Gasteiger partial charge in [-0.1, -0.05) is 12.1 Å². The highest BCUT2D eigenvalue weighted by atomic mass is 16.6. The van der Waals surface area contributed by atoms with Gasteiger partial charge in [-0.05, 0) is 12.1 Å². The molecule has 0 aliphatic carbocycles. The van der Waals surface area contributed by atoms with Crippen LogP contribution in [0.2, 0.25) is 0 Å². The number of carbonyl (C=O) groups is 5. The molecule has 0 fully saturated rings. The highest BCUT2D eigenvalue weighted by Crippen LogP contribution is 2.27. The van der Waals surface area contributed by atoms with E-state index in [1.807, 2.05) is 0 Å². The van der Waals surface area contributed by atoms with Gasteiger partial charge in [-0.25, -0.2) is 4.79 Å². The summed E-state index contributed by atoms with van der Waals surface area (Å²) in [4.78, 5) is 62.1. The third kappa shape index (κ3) is 5.18. The Morgan fingerprint density at radius 1 is 0.882 bits per heavy atom. The molecule has 0 aromatic heterocycles. The lowest BCUT2D eigenvalue weighted by Gasteiger charge is -2.33. The number of imide groups is 1. The predicted molar refractivity (Wildman–Crippen MR) is 106 cm³/mol. The van der Waals surface area contributed by atoms with Crippen LogP contribution >= 0.6 is 0 Å². The van der Waals surface area contributed by atoms with E-state index in [0.717, 1.165) is 0 Å². The van der Waals surface area contributed by atoms with Crippen molar-refractivity contribution in [1.82, 2.24) is 4.90 Å². The Labute approximate surface area is 191 Å². The van der Waals surface area contributed by atoms with Crippen LogP contribution in [0.3, 0.4) is 0 Å². The van der Waals surface area contributed by atoms with Crippen LogP contribution in [0.4, 0.5) is 0 Å². The zero-order valence-corrected chi connectivity index (χ0v) is 17.4. The fraction of sp³-hybridized carbons (Fsp3) is 0.450. The van der Waals surface area contributed by atoms with Crippen molar-refractivity contribution >= 4 is 29.9 Å². The topological polar surface area (TPSA) is 239 Å². The summed E-state index contributed by atoms with van der Waals surface area (Å²) in [5, 5.41) is 66.8. The van der Waals surface area contributed by atoms with Crippen molar-refractivity contribution < 1.29 is 64.5 Å². The molecule has 7 atom stereocenters. The summed E-state index contributed by atoms with van der Waals surface area (Å²) in [5.41, 5.74) is -0.233. The fourth-order valence-electron chi connectivity index (χ4n) is 3.21. The number of carbonyl (C=O) groups excluding carboxylic acids is 5. The van der Waals surface area contributed by atoms with E-state index in [1.54, 1.807) is 0 Å². The van der Waals surface area contributed by atoms with Crippen molar-refractivity contribution in [3.05, 3.63) is 35.4 Å². The minimum absolute atomic E-state index is 0.0712. The number of ketones is 1. The molecule has 0 spiro atoms. The Kier molecular flexibility index (Phi) is 9.06. The molecule has 0 bridgehead atoms. The first-order valence-electron chi connectivity index (χ1n) is 9.80. The summed E-state index contributed by atoms with van der Waals surface area (Å²) >= 11 is 0. The average molecular weight is 485 g/mol. The van der Waals surface area contributed by atoms with Crippen LogP contribution in [-0.4, -0.2) is 126 Å². The molecule has 14 heteroatoms. The second-order valence-corrected chi connectivity index (χ2v) is 7.31. The summed E-state index contributed by atoms with van der Waals surface area (Å²) < 4.78 is 4.74. The smallest absolute Gasteiger partial charge is 0.378 e. The van der Waals surface area contributed by atoms with Crippen molar-refractivity contribution in [1.29, 1.82) is 0 Å². The molecule has 0 radical (unpaired) electrons. The van der Waals surface area contributed by atoms with Gasteiger partial charge in [0.05, 0.1) is 24.3 Å². The van der Waals surface area contributed by atoms with Crippen molar-refractivity contribution in [2.45, 2.75) is 42.7 Å². The van der Waals surface area contributed by atoms with Gasteiger partial charge >= 0.3 is 5.97 Å². The molecule has 1 aromatic carbocycles. The lowest BCUT2D eigenvalue weighted by Crippen LogP contribution is -2.58. The average Bonchev–Trinajstić information content (AvgIpc) is 3.10. The second-order valence-electron chi connectivity index (χ2n) is 7.31. The third-order valence-electron chi connectivity index (χ3n) is 5.14. The van der Waals surface area contributed by atoms with Gasteiger partial charge in [-0.3, -0.25) is 19.3 Å². The third-order valence-corrected chi connectivity index (χ3v) is 5.14. The fourth-order valence-corrected chi connectivity index (χ4v) is 3.21. The molecule has 1 aromatic rings. The minimum atomic E-state index is -2.61. The number of esters is 1. The standard InChI is InChI=1S/C20H23NO13/c22-5-10(21-18(31)8-3-1-2-4-9(8)19(21)32)17(14(28)12(26)7-24)34-20(33)16(30)15(29)13(27)11(25)6-23/h1-5,10-15,17,23-29H,6-7H2/t10-,11-,12+,13+,14+,15+,17+/m0/s1. The number of fused-ring (bicyclic) bond motifs is 1. The van der Waals surface area contributed by atoms with E-state index in [0.29, 0.717) is 4.90 Å². The van der Waals surface area contributed by atoms with Crippen LogP contribution in [0.5, 0.6) is 0 Å². The Morgan fingerprint density at radius 2 is 1.35 bits per heavy atom. The molecule has 34 heavy (non-hydrogen) atoms. The number of aliphatic hydroxyl groups is 7. The first-order chi connectivity index (χ1) is 16.0. The molecule has 0 saturated heterocycles. The number of amides is 2. The molecular weight excluding hydrogens is 462 g/mol. The van der Waals surface area contributed by atoms with Crippen molar-refractivity contribution in [3.8, 4) is 0 Å². The van der Waals surface area contributed by atoms with Gasteiger partial charge in [0.1, 0.15) is 36.7 Å². The van der Waals surface area contributed by atoms with E-state index in [2.05, 4.69) is 0 Å². The van der Waals surface area contributed by atoms with Gasteiger partial charge in [0, 0.05) is 0 Å². The van der Waals surface area contributed by atoms with Crippen LogP contribution in [-0.2, 0) is 19.1 Å². The predicted octanol–water partition coefficient (Wildman–Crippen LogP) is -4.88. The molecule has 186 valence electrons. The zero-order chi connectivity index (χ0) is 25.7. The van der Waals surface area contributed by atoms with Gasteiger partial charge < -0.3 is 45.3 Å². The minimum Gasteiger partial charge on any atom is -0.451 e. The Hall–Kier alpha value is -3.11. The van der Waals surface area contributed by atoms with E-state index in [1.165, 1.54) is 24.3 Å². The van der Waals surface area contributed by atoms with E-state index in [9.17, 15) is 49.5 Å². The lowest BCUT2D eigenvalue weighted by molar-refractivity contribution is -0.177. The number of Topliss-reactive ketones (excluding diaryl/α,β-unsaturated/α-hetero) is 1. The summed E-state index contributed by atoms with van der Waals surface area (Å²) in [6.45, 7) is -2.21. The van der Waals surface area contributed by atoms with E-state index >= 15 is 0 Å². The molecular formula is C20H23NO13. The number of hydrogen-bond donors (Lipinski definition) is 7. The second kappa shape index (κ2) is 11.3. The van der Waals surface area contributed by atoms with E-state index < -0.39 is 79.4 Å². The monoisotopic (exact) mass is 485 g/mol. The van der Waals surface area contributed by atoms with Crippen LogP contribution in [0, 0.1) is 0 Å². The number of aliphatic hydroxyl groups excluding tert-OH is 7. The molecule has 1 aliphatic heterocycles. The maximum Gasteiger partial charge on any atom is 0.378 e. The summed E-state index contributed by atoms with van der Waals surface area (Å²) in [7, 11) is 0. The van der Waals surface area contributed by atoms with Gasteiger partial charge in [-0.2, -0.15) is 0 Å². The van der Waals surface area contributed by atoms with Gasteiger partial charge in [-0.15, -0.1) is 0 Å². The molecule has 0 unspecified atom stereocenters. The quantitative estimate of drug-likeness (QED) is 0.0636. The summed E-state index contributed by atoms with van der Waals surface area (Å²) in [5.74, 6) is -5.91. The van der Waals surface area contributed by atoms with Crippen LogP contribution in [0.1, 0.15) is 20.7 Å². The highest BCUT2D eigenvalue weighted by molar-refractivity contribution is 6.35. The molecule has 1 aliphatic rings. The Bertz CT molecular complexity index is 915. The van der Waals surface area contributed by atoms with Crippen molar-refractivity contribution in [3.63, 3.8) is 0 Å². The Balaban J connectivity index is 2.38. The van der Waals surface area contributed by atoms with E-state index in [-0.39, 0.29) is 17.4 Å². The molecule has 2 amide bonds. The number of aldehydes is 1. The molecule has 14 nitrogen and oxygen atoms in total. The largest absolute Gasteiger partial charge is 0.451 e. The maximum atomic E-state index is 12.7. The molecule has 2 rings (SSSR count). The summed E-state index contributed by atoms with van der Waals surface area (Å²) in [6.07, 6.45) is -13.7. The number of rotatable bonds is 12. The van der Waals surface area contributed by atoms with Crippen molar-refractivity contribution in [2.75, 3.05) is 13.2 Å². The lowest BCUT2D eigenvalue weighted by atomic mass is 10.00. The van der Waals surface area contributed by atoms with Crippen LogP contribution < -0.4 is 0 Å². The molecule has 7 N–H and O–H groups in total.